The van der Waals surface area contributed by atoms with Gasteiger partial charge >= 0.3 is 12.1 Å². The molecule has 1 amide bonds. The van der Waals surface area contributed by atoms with Crippen molar-refractivity contribution < 1.29 is 19.1 Å². The number of nitriles is 1. The van der Waals surface area contributed by atoms with E-state index in [1.54, 1.807) is 11.8 Å². The average molecular weight is 353 g/mol. The van der Waals surface area contributed by atoms with E-state index in [9.17, 15) is 9.59 Å². The summed E-state index contributed by atoms with van der Waals surface area (Å²) in [6, 6.07) is 2.08. The van der Waals surface area contributed by atoms with Crippen LogP contribution in [0.4, 0.5) is 4.79 Å². The van der Waals surface area contributed by atoms with Gasteiger partial charge < -0.3 is 19.7 Å². The van der Waals surface area contributed by atoms with Crippen molar-refractivity contribution in [2.45, 2.75) is 65.5 Å². The number of nitrogens with zero attached hydrogens (tertiary/aromatic N) is 2. The standard InChI is InChI=1S/C18H31N3O4/c1-6-24-15(22)18(12-20-14(2)8-10-19)9-7-11-21(13-18)16(23)25-17(3,4)5/h14,20H,6-9,11-13H2,1-5H3/t14-,18?/m0/s1. The highest BCUT2D eigenvalue weighted by atomic mass is 16.6. The van der Waals surface area contributed by atoms with Crippen molar-refractivity contribution >= 4 is 12.1 Å². The quantitative estimate of drug-likeness (QED) is 0.738. The Morgan fingerprint density at radius 3 is 2.64 bits per heavy atom. The molecule has 0 radical (unpaired) electrons. The molecule has 1 rings (SSSR count). The number of ether oxygens (including phenoxy) is 2. The Morgan fingerprint density at radius 2 is 2.08 bits per heavy atom. The molecule has 142 valence electrons. The Bertz CT molecular complexity index is 509. The molecule has 1 unspecified atom stereocenters. The lowest BCUT2D eigenvalue weighted by Crippen LogP contribution is -2.56. The summed E-state index contributed by atoms with van der Waals surface area (Å²) in [5.41, 5.74) is -1.39. The summed E-state index contributed by atoms with van der Waals surface area (Å²) in [6.45, 7) is 10.6. The number of carbonyl (C=O) groups is 2. The first-order chi connectivity index (χ1) is 11.6. The number of carbonyl (C=O) groups excluding carboxylic acids is 2. The summed E-state index contributed by atoms with van der Waals surface area (Å²) in [6.07, 6.45) is 1.28. The Kier molecular flexibility index (Phi) is 7.68. The van der Waals surface area contributed by atoms with Crippen LogP contribution >= 0.6 is 0 Å². The van der Waals surface area contributed by atoms with E-state index in [1.165, 1.54) is 0 Å². The molecule has 1 saturated heterocycles. The topological polar surface area (TPSA) is 91.7 Å². The maximum atomic E-state index is 12.6. The third kappa shape index (κ3) is 6.54. The molecule has 0 saturated carbocycles. The molecule has 7 heteroatoms. The predicted octanol–water partition coefficient (Wildman–Crippen LogP) is 2.46. The second-order valence-electron chi connectivity index (χ2n) is 7.65. The largest absolute Gasteiger partial charge is 0.465 e. The lowest BCUT2D eigenvalue weighted by molar-refractivity contribution is -0.158. The molecule has 0 aromatic heterocycles. The van der Waals surface area contributed by atoms with E-state index >= 15 is 0 Å². The number of esters is 1. The van der Waals surface area contributed by atoms with Crippen molar-refractivity contribution in [3.05, 3.63) is 0 Å². The number of amides is 1. The molecule has 0 aromatic carbocycles. The summed E-state index contributed by atoms with van der Waals surface area (Å²) in [5.74, 6) is -0.306. The van der Waals surface area contributed by atoms with Crippen LogP contribution in [-0.2, 0) is 14.3 Å². The van der Waals surface area contributed by atoms with Crippen LogP contribution in [0.5, 0.6) is 0 Å². The van der Waals surface area contributed by atoms with Gasteiger partial charge in [0.05, 0.1) is 24.5 Å². The Hall–Kier alpha value is -1.81. The number of hydrogen-bond donors (Lipinski definition) is 1. The highest BCUT2D eigenvalue weighted by Crippen LogP contribution is 2.32. The fourth-order valence-corrected chi connectivity index (χ4v) is 2.86. The van der Waals surface area contributed by atoms with Gasteiger partial charge in [-0.2, -0.15) is 5.26 Å². The van der Waals surface area contributed by atoms with Crippen LogP contribution in [-0.4, -0.2) is 54.8 Å². The Morgan fingerprint density at radius 1 is 1.40 bits per heavy atom. The number of rotatable bonds is 6. The third-order valence-corrected chi connectivity index (χ3v) is 4.12. The van der Waals surface area contributed by atoms with Crippen molar-refractivity contribution in [2.75, 3.05) is 26.2 Å². The molecule has 7 nitrogen and oxygen atoms in total. The maximum Gasteiger partial charge on any atom is 0.410 e. The molecule has 0 aromatic rings. The normalized spacial score (nSPS) is 22.0. The van der Waals surface area contributed by atoms with Crippen LogP contribution in [0, 0.1) is 16.7 Å². The van der Waals surface area contributed by atoms with Crippen molar-refractivity contribution in [3.63, 3.8) is 0 Å². The van der Waals surface area contributed by atoms with Gasteiger partial charge in [0.25, 0.3) is 0 Å². The monoisotopic (exact) mass is 353 g/mol. The fourth-order valence-electron chi connectivity index (χ4n) is 2.86. The first-order valence-corrected chi connectivity index (χ1v) is 8.89. The van der Waals surface area contributed by atoms with Gasteiger partial charge in [-0.05, 0) is 47.5 Å². The predicted molar refractivity (Wildman–Crippen MR) is 93.8 cm³/mol. The minimum absolute atomic E-state index is 0.0341. The molecule has 0 spiro atoms. The number of piperidine rings is 1. The molecular formula is C18H31N3O4. The van der Waals surface area contributed by atoms with Crippen LogP contribution in [0.3, 0.4) is 0 Å². The first-order valence-electron chi connectivity index (χ1n) is 8.89. The van der Waals surface area contributed by atoms with E-state index in [-0.39, 0.29) is 18.6 Å². The van der Waals surface area contributed by atoms with Gasteiger partial charge in [-0.3, -0.25) is 4.79 Å². The molecule has 1 heterocycles. The van der Waals surface area contributed by atoms with Gasteiger partial charge in [0.1, 0.15) is 5.60 Å². The van der Waals surface area contributed by atoms with Gasteiger partial charge in [-0.15, -0.1) is 0 Å². The summed E-state index contributed by atoms with van der Waals surface area (Å²) >= 11 is 0. The minimum Gasteiger partial charge on any atom is -0.465 e. The number of nitrogens with one attached hydrogen (secondary N) is 1. The Balaban J connectivity index is 2.89. The molecule has 0 bridgehead atoms. The van der Waals surface area contributed by atoms with Crippen LogP contribution in [0.1, 0.15) is 53.9 Å². The second kappa shape index (κ2) is 9.04. The molecule has 0 aliphatic carbocycles. The van der Waals surface area contributed by atoms with Crippen molar-refractivity contribution in [1.29, 1.82) is 5.26 Å². The van der Waals surface area contributed by atoms with E-state index in [2.05, 4.69) is 11.4 Å². The molecule has 1 N–H and O–H groups in total. The zero-order chi connectivity index (χ0) is 19.1. The van der Waals surface area contributed by atoms with Crippen molar-refractivity contribution in [1.82, 2.24) is 10.2 Å². The molecule has 1 aliphatic heterocycles. The second-order valence-corrected chi connectivity index (χ2v) is 7.65. The smallest absolute Gasteiger partial charge is 0.410 e. The summed E-state index contributed by atoms with van der Waals surface area (Å²) < 4.78 is 10.7. The van der Waals surface area contributed by atoms with Crippen molar-refractivity contribution in [2.24, 2.45) is 5.41 Å². The van der Waals surface area contributed by atoms with Crippen LogP contribution in [0.2, 0.25) is 0 Å². The van der Waals surface area contributed by atoms with Crippen LogP contribution < -0.4 is 5.32 Å². The highest BCUT2D eigenvalue weighted by Gasteiger charge is 2.45. The van der Waals surface area contributed by atoms with E-state index in [0.29, 0.717) is 39.0 Å². The Labute approximate surface area is 150 Å². The van der Waals surface area contributed by atoms with Gasteiger partial charge in [-0.1, -0.05) is 0 Å². The van der Waals surface area contributed by atoms with Crippen LogP contribution in [0.25, 0.3) is 0 Å². The fraction of sp³-hybridized carbons (Fsp3) is 0.833. The van der Waals surface area contributed by atoms with Gasteiger partial charge in [0.15, 0.2) is 0 Å². The SMILES string of the molecule is CCOC(=O)C1(CN[C@@H](C)CC#N)CCCN(C(=O)OC(C)(C)C)C1. The van der Waals surface area contributed by atoms with E-state index in [4.69, 9.17) is 14.7 Å². The minimum atomic E-state index is -0.811. The van der Waals surface area contributed by atoms with E-state index in [1.807, 2.05) is 27.7 Å². The molecule has 2 atom stereocenters. The lowest BCUT2D eigenvalue weighted by atomic mass is 9.79. The average Bonchev–Trinajstić information content (AvgIpc) is 2.52. The third-order valence-electron chi connectivity index (χ3n) is 4.12. The summed E-state index contributed by atoms with van der Waals surface area (Å²) in [7, 11) is 0. The van der Waals surface area contributed by atoms with Gasteiger partial charge in [0.2, 0.25) is 0 Å². The number of hydrogen-bond acceptors (Lipinski definition) is 6. The zero-order valence-corrected chi connectivity index (χ0v) is 16.1. The number of likely N-dealkylation sites (tertiary alicyclic amines) is 1. The molecule has 1 aliphatic rings. The van der Waals surface area contributed by atoms with Gasteiger partial charge in [-0.25, -0.2) is 4.79 Å². The summed E-state index contributed by atoms with van der Waals surface area (Å²) in [5, 5.41) is 12.0. The zero-order valence-electron chi connectivity index (χ0n) is 16.1. The summed E-state index contributed by atoms with van der Waals surface area (Å²) in [4.78, 5) is 26.6. The van der Waals surface area contributed by atoms with Crippen molar-refractivity contribution in [3.8, 4) is 6.07 Å². The van der Waals surface area contributed by atoms with E-state index < -0.39 is 17.1 Å². The first kappa shape index (κ1) is 21.2. The highest BCUT2D eigenvalue weighted by molar-refractivity contribution is 5.79. The molecular weight excluding hydrogens is 322 g/mol. The molecule has 1 fully saturated rings. The lowest BCUT2D eigenvalue weighted by Gasteiger charge is -2.41. The maximum absolute atomic E-state index is 12.6. The molecule has 25 heavy (non-hydrogen) atoms. The van der Waals surface area contributed by atoms with Gasteiger partial charge in [0, 0.05) is 25.7 Å². The van der Waals surface area contributed by atoms with Crippen LogP contribution in [0.15, 0.2) is 0 Å². The van der Waals surface area contributed by atoms with E-state index in [0.717, 1.165) is 0 Å².